The van der Waals surface area contributed by atoms with E-state index in [0.29, 0.717) is 12.0 Å². The number of carbonyl (C=O) groups is 1. The van der Waals surface area contributed by atoms with Crippen molar-refractivity contribution >= 4 is 11.8 Å². The zero-order valence-corrected chi connectivity index (χ0v) is 11.6. The fourth-order valence-corrected chi connectivity index (χ4v) is 1.30. The summed E-state index contributed by atoms with van der Waals surface area (Å²) in [6, 6.07) is 4.24. The van der Waals surface area contributed by atoms with Crippen LogP contribution in [0.25, 0.3) is 0 Å². The van der Waals surface area contributed by atoms with Crippen LogP contribution in [0.5, 0.6) is 0 Å². The predicted molar refractivity (Wildman–Crippen MR) is 74.8 cm³/mol. The van der Waals surface area contributed by atoms with Gasteiger partial charge in [0, 0.05) is 12.0 Å². The van der Waals surface area contributed by atoms with Gasteiger partial charge in [0.2, 0.25) is 0 Å². The Kier molecular flexibility index (Phi) is 6.54. The maximum absolute atomic E-state index is 13.7. The van der Waals surface area contributed by atoms with E-state index in [2.05, 4.69) is 17.2 Å². The molecule has 1 aromatic carbocycles. The van der Waals surface area contributed by atoms with E-state index in [1.807, 2.05) is 13.8 Å². The van der Waals surface area contributed by atoms with Crippen molar-refractivity contribution in [2.24, 2.45) is 5.92 Å². The van der Waals surface area contributed by atoms with E-state index in [1.54, 1.807) is 6.07 Å². The van der Waals surface area contributed by atoms with Crippen molar-refractivity contribution in [1.82, 2.24) is 0 Å². The summed E-state index contributed by atoms with van der Waals surface area (Å²) in [5, 5.41) is 10.9. The number of rotatable bonds is 4. The Morgan fingerprint density at radius 3 is 2.85 bits per heavy atom. The maximum Gasteiger partial charge on any atom is 0.411 e. The maximum atomic E-state index is 13.7. The average Bonchev–Trinajstić information content (AvgIpc) is 2.40. The summed E-state index contributed by atoms with van der Waals surface area (Å²) in [6.45, 7) is 4.07. The molecule has 0 aliphatic rings. The van der Waals surface area contributed by atoms with Gasteiger partial charge < -0.3 is 9.84 Å². The molecule has 20 heavy (non-hydrogen) atoms. The predicted octanol–water partition coefficient (Wildman–Crippen LogP) is 2.76. The third-order valence-corrected chi connectivity index (χ3v) is 2.22. The lowest BCUT2D eigenvalue weighted by Crippen LogP contribution is -2.17. The highest BCUT2D eigenvalue weighted by Gasteiger charge is 2.08. The average molecular weight is 279 g/mol. The van der Waals surface area contributed by atoms with Crippen molar-refractivity contribution in [3.8, 4) is 11.8 Å². The van der Waals surface area contributed by atoms with Gasteiger partial charge in [-0.3, -0.25) is 5.32 Å². The first kappa shape index (κ1) is 16.0. The van der Waals surface area contributed by atoms with Crippen LogP contribution in [0, 0.1) is 23.6 Å². The first-order valence-electron chi connectivity index (χ1n) is 6.36. The molecule has 0 spiro atoms. The zero-order chi connectivity index (χ0) is 15.0. The van der Waals surface area contributed by atoms with Crippen LogP contribution in [-0.2, 0) is 4.74 Å². The molecule has 5 heteroatoms. The van der Waals surface area contributed by atoms with E-state index in [4.69, 9.17) is 9.84 Å². The molecule has 0 saturated heterocycles. The number of amides is 1. The fraction of sp³-hybridized carbons (Fsp3) is 0.400. The van der Waals surface area contributed by atoms with Crippen LogP contribution < -0.4 is 5.32 Å². The minimum absolute atomic E-state index is 0.0309. The monoisotopic (exact) mass is 279 g/mol. The number of aliphatic hydroxyl groups is 1. The van der Waals surface area contributed by atoms with Crippen LogP contribution in [0.4, 0.5) is 14.9 Å². The molecule has 1 rings (SSSR count). The quantitative estimate of drug-likeness (QED) is 0.833. The van der Waals surface area contributed by atoms with Gasteiger partial charge in [0.15, 0.2) is 0 Å². The summed E-state index contributed by atoms with van der Waals surface area (Å²) in [7, 11) is 0. The number of aliphatic hydroxyl groups excluding tert-OH is 1. The molecule has 2 N–H and O–H groups in total. The second kappa shape index (κ2) is 8.18. The van der Waals surface area contributed by atoms with Crippen LogP contribution in [0.2, 0.25) is 0 Å². The van der Waals surface area contributed by atoms with Crippen molar-refractivity contribution in [2.45, 2.75) is 20.3 Å². The van der Waals surface area contributed by atoms with E-state index in [9.17, 15) is 9.18 Å². The summed E-state index contributed by atoms with van der Waals surface area (Å²) < 4.78 is 18.6. The minimum atomic E-state index is -0.684. The molecular formula is C15H18FNO3. The van der Waals surface area contributed by atoms with Crippen LogP contribution in [0.3, 0.4) is 0 Å². The molecule has 0 saturated carbocycles. The lowest BCUT2D eigenvalue weighted by molar-refractivity contribution is 0.147. The van der Waals surface area contributed by atoms with Crippen LogP contribution in [0.1, 0.15) is 25.8 Å². The van der Waals surface area contributed by atoms with Gasteiger partial charge in [-0.1, -0.05) is 25.7 Å². The molecule has 0 aliphatic carbocycles. The summed E-state index contributed by atoms with van der Waals surface area (Å²) in [6.07, 6.45) is -0.347. The van der Waals surface area contributed by atoms with Crippen molar-refractivity contribution in [2.75, 3.05) is 18.5 Å². The van der Waals surface area contributed by atoms with E-state index in [-0.39, 0.29) is 24.8 Å². The smallest absolute Gasteiger partial charge is 0.411 e. The van der Waals surface area contributed by atoms with Crippen molar-refractivity contribution < 1.29 is 19.0 Å². The summed E-state index contributed by atoms with van der Waals surface area (Å²) in [5.74, 6) is 5.04. The Balaban J connectivity index is 2.64. The molecular weight excluding hydrogens is 261 g/mol. The highest BCUT2D eigenvalue weighted by atomic mass is 19.1. The van der Waals surface area contributed by atoms with Gasteiger partial charge >= 0.3 is 6.09 Å². The van der Waals surface area contributed by atoms with Gasteiger partial charge in [-0.2, -0.15) is 0 Å². The molecule has 0 unspecified atom stereocenters. The molecule has 0 aromatic heterocycles. The molecule has 0 aliphatic heterocycles. The van der Waals surface area contributed by atoms with E-state index >= 15 is 0 Å². The molecule has 0 bridgehead atoms. The van der Waals surface area contributed by atoms with E-state index in [0.717, 1.165) is 0 Å². The Hall–Kier alpha value is -2.06. The van der Waals surface area contributed by atoms with Gasteiger partial charge in [-0.15, -0.1) is 0 Å². The van der Waals surface area contributed by atoms with Crippen LogP contribution in [-0.4, -0.2) is 24.4 Å². The SMILES string of the molecule is CC(C)COC(=O)Nc1ccc(C#CCCO)cc1F. The first-order valence-corrected chi connectivity index (χ1v) is 6.36. The van der Waals surface area contributed by atoms with E-state index < -0.39 is 11.9 Å². The zero-order valence-electron chi connectivity index (χ0n) is 11.6. The molecule has 0 fully saturated rings. The Morgan fingerprint density at radius 2 is 2.25 bits per heavy atom. The Bertz CT molecular complexity index is 518. The van der Waals surface area contributed by atoms with Crippen molar-refractivity contribution in [3.05, 3.63) is 29.6 Å². The van der Waals surface area contributed by atoms with Crippen molar-refractivity contribution in [3.63, 3.8) is 0 Å². The van der Waals surface area contributed by atoms with Crippen molar-refractivity contribution in [1.29, 1.82) is 0 Å². The second-order valence-electron chi connectivity index (χ2n) is 4.59. The Labute approximate surface area is 117 Å². The number of anilines is 1. The number of halogens is 1. The number of benzene rings is 1. The van der Waals surface area contributed by atoms with Gasteiger partial charge in [0.05, 0.1) is 18.9 Å². The lowest BCUT2D eigenvalue weighted by atomic mass is 10.2. The summed E-state index contributed by atoms with van der Waals surface area (Å²) in [5.41, 5.74) is 0.531. The fourth-order valence-electron chi connectivity index (χ4n) is 1.30. The van der Waals surface area contributed by atoms with Gasteiger partial charge in [-0.25, -0.2) is 9.18 Å². The highest BCUT2D eigenvalue weighted by Crippen LogP contribution is 2.15. The minimum Gasteiger partial charge on any atom is -0.449 e. The molecule has 108 valence electrons. The number of hydrogen-bond acceptors (Lipinski definition) is 3. The molecule has 1 aromatic rings. The number of ether oxygens (including phenoxy) is 1. The number of nitrogens with one attached hydrogen (secondary N) is 1. The molecule has 0 atom stereocenters. The topological polar surface area (TPSA) is 58.6 Å². The number of carbonyl (C=O) groups excluding carboxylic acids is 1. The third-order valence-electron chi connectivity index (χ3n) is 2.22. The van der Waals surface area contributed by atoms with Gasteiger partial charge in [0.25, 0.3) is 0 Å². The molecule has 0 heterocycles. The highest BCUT2D eigenvalue weighted by molar-refractivity contribution is 5.84. The van der Waals surface area contributed by atoms with E-state index in [1.165, 1.54) is 12.1 Å². The normalized spacial score (nSPS) is 9.85. The standard InChI is InChI=1S/C15H18FNO3/c1-11(2)10-20-15(19)17-14-7-6-12(9-13(14)16)5-3-4-8-18/h6-7,9,11,18H,4,8,10H2,1-2H3,(H,17,19). The first-order chi connectivity index (χ1) is 9.52. The number of hydrogen-bond donors (Lipinski definition) is 2. The van der Waals surface area contributed by atoms with Crippen LogP contribution >= 0.6 is 0 Å². The van der Waals surface area contributed by atoms with Crippen LogP contribution in [0.15, 0.2) is 18.2 Å². The summed E-state index contributed by atoms with van der Waals surface area (Å²) in [4.78, 5) is 11.4. The Morgan fingerprint density at radius 1 is 1.50 bits per heavy atom. The summed E-state index contributed by atoms with van der Waals surface area (Å²) >= 11 is 0. The largest absolute Gasteiger partial charge is 0.449 e. The molecule has 1 amide bonds. The second-order valence-corrected chi connectivity index (χ2v) is 4.59. The van der Waals surface area contributed by atoms with Gasteiger partial charge in [-0.05, 0) is 24.1 Å². The lowest BCUT2D eigenvalue weighted by Gasteiger charge is -2.09. The van der Waals surface area contributed by atoms with Gasteiger partial charge in [0.1, 0.15) is 5.82 Å². The molecule has 0 radical (unpaired) electrons. The third kappa shape index (κ3) is 5.72. The molecule has 4 nitrogen and oxygen atoms in total.